The highest BCUT2D eigenvalue weighted by atomic mass is 16.5. The molecular weight excluding hydrogens is 434 g/mol. The Hall–Kier alpha value is -3.77. The van der Waals surface area contributed by atoms with Gasteiger partial charge in [0.05, 0.1) is 6.61 Å². The molecule has 0 radical (unpaired) electrons. The third kappa shape index (κ3) is 5.17. The molecule has 0 saturated heterocycles. The van der Waals surface area contributed by atoms with Crippen molar-refractivity contribution in [2.45, 2.75) is 46.0 Å². The number of nitrogens with zero attached hydrogens (tertiary/aromatic N) is 1. The van der Waals surface area contributed by atoms with E-state index in [1.54, 1.807) is 0 Å². The summed E-state index contributed by atoms with van der Waals surface area (Å²) in [6, 6.07) is 19.1. The lowest BCUT2D eigenvalue weighted by Gasteiger charge is -2.22. The second-order valence-corrected chi connectivity index (χ2v) is 9.14. The molecule has 0 aliphatic carbocycles. The SMILES string of the molecule is C=C(Nc1ccc(C)c(-c2ccc(/C(=N/N)NN)cc2C)c1)C(CCC)c1ccc2c(c1)OCC2. The quantitative estimate of drug-likeness (QED) is 0.151. The number of hydrogen-bond acceptors (Lipinski definition) is 5. The molecular formula is C29H35N5O. The number of hydrazine groups is 1. The van der Waals surface area contributed by atoms with E-state index in [1.807, 2.05) is 12.1 Å². The maximum Gasteiger partial charge on any atom is 0.166 e. The molecule has 0 saturated carbocycles. The first-order valence-corrected chi connectivity index (χ1v) is 12.1. The monoisotopic (exact) mass is 469 g/mol. The van der Waals surface area contributed by atoms with Crippen LogP contribution in [-0.2, 0) is 6.42 Å². The predicted molar refractivity (Wildman–Crippen MR) is 145 cm³/mol. The lowest BCUT2D eigenvalue weighted by atomic mass is 9.90. The standard InChI is InChI=1S/C29H35N5O/c1-5-6-26(22-9-8-21-13-14-35-28(21)16-22)20(4)32-24-11-7-18(2)27(17-24)25-12-10-23(15-19(25)3)29(33-30)34-31/h7-12,15-17,26,32H,4-6,13-14,30-31H2,1-3H3,(H,33,34). The van der Waals surface area contributed by atoms with Crippen molar-refractivity contribution in [3.63, 3.8) is 0 Å². The molecule has 3 aromatic carbocycles. The summed E-state index contributed by atoms with van der Waals surface area (Å²) in [4.78, 5) is 0. The number of aryl methyl sites for hydroxylation is 2. The van der Waals surface area contributed by atoms with Gasteiger partial charge in [0, 0.05) is 29.3 Å². The van der Waals surface area contributed by atoms with Gasteiger partial charge in [-0.2, -0.15) is 5.10 Å². The summed E-state index contributed by atoms with van der Waals surface area (Å²) in [6.45, 7) is 11.6. The Morgan fingerprint density at radius 1 is 1.06 bits per heavy atom. The van der Waals surface area contributed by atoms with Crippen LogP contribution in [0.3, 0.4) is 0 Å². The Labute approximate surface area is 208 Å². The number of allylic oxidation sites excluding steroid dienone is 1. The molecule has 1 aliphatic heterocycles. The Kier molecular flexibility index (Phi) is 7.42. The van der Waals surface area contributed by atoms with Crippen molar-refractivity contribution in [3.05, 3.63) is 94.7 Å². The summed E-state index contributed by atoms with van der Waals surface area (Å²) in [5.74, 6) is 12.6. The van der Waals surface area contributed by atoms with Gasteiger partial charge in [0.1, 0.15) is 5.75 Å². The first kappa shape index (κ1) is 24.4. The Balaban J connectivity index is 1.60. The average Bonchev–Trinajstić information content (AvgIpc) is 3.33. The molecule has 0 bridgehead atoms. The summed E-state index contributed by atoms with van der Waals surface area (Å²) >= 11 is 0. The molecule has 0 spiro atoms. The van der Waals surface area contributed by atoms with Gasteiger partial charge in [-0.25, -0.2) is 5.84 Å². The van der Waals surface area contributed by atoms with Crippen molar-refractivity contribution in [2.75, 3.05) is 11.9 Å². The van der Waals surface area contributed by atoms with Gasteiger partial charge in [-0.05, 0) is 77.9 Å². The van der Waals surface area contributed by atoms with E-state index in [0.29, 0.717) is 5.84 Å². The first-order valence-electron chi connectivity index (χ1n) is 12.1. The second-order valence-electron chi connectivity index (χ2n) is 9.14. The van der Waals surface area contributed by atoms with Crippen LogP contribution in [0.25, 0.3) is 11.1 Å². The molecule has 6 nitrogen and oxygen atoms in total. The van der Waals surface area contributed by atoms with Gasteiger partial charge >= 0.3 is 0 Å². The maximum atomic E-state index is 5.82. The molecule has 0 amide bonds. The molecule has 35 heavy (non-hydrogen) atoms. The van der Waals surface area contributed by atoms with Gasteiger partial charge in [0.15, 0.2) is 5.84 Å². The van der Waals surface area contributed by atoms with E-state index in [1.165, 1.54) is 16.7 Å². The van der Waals surface area contributed by atoms with Crippen LogP contribution in [0.2, 0.25) is 0 Å². The highest BCUT2D eigenvalue weighted by Crippen LogP contribution is 2.36. The number of hydrogen-bond donors (Lipinski definition) is 4. The van der Waals surface area contributed by atoms with Crippen LogP contribution < -0.4 is 27.2 Å². The van der Waals surface area contributed by atoms with Crippen LogP contribution in [0.15, 0.2) is 72.0 Å². The highest BCUT2D eigenvalue weighted by molar-refractivity contribution is 5.99. The van der Waals surface area contributed by atoms with Crippen molar-refractivity contribution in [1.29, 1.82) is 0 Å². The summed E-state index contributed by atoms with van der Waals surface area (Å²) in [5.41, 5.74) is 12.6. The van der Waals surface area contributed by atoms with Gasteiger partial charge in [-0.3, -0.25) is 0 Å². The second kappa shape index (κ2) is 10.7. The van der Waals surface area contributed by atoms with E-state index < -0.39 is 0 Å². The van der Waals surface area contributed by atoms with Crippen molar-refractivity contribution < 1.29 is 4.74 Å². The molecule has 1 unspecified atom stereocenters. The lowest BCUT2D eigenvalue weighted by molar-refractivity contribution is 0.356. The fraction of sp³-hybridized carbons (Fsp3) is 0.276. The van der Waals surface area contributed by atoms with Gasteiger partial charge in [-0.15, -0.1) is 0 Å². The lowest BCUT2D eigenvalue weighted by Crippen LogP contribution is -2.32. The highest BCUT2D eigenvalue weighted by Gasteiger charge is 2.19. The van der Waals surface area contributed by atoms with Crippen LogP contribution in [0.5, 0.6) is 5.75 Å². The largest absolute Gasteiger partial charge is 0.493 e. The van der Waals surface area contributed by atoms with E-state index in [2.05, 4.69) is 85.7 Å². The molecule has 1 aliphatic rings. The number of rotatable bonds is 8. The fourth-order valence-electron chi connectivity index (χ4n) is 4.80. The van der Waals surface area contributed by atoms with Crippen LogP contribution in [0, 0.1) is 13.8 Å². The molecule has 3 aromatic rings. The third-order valence-electron chi connectivity index (χ3n) is 6.72. The van der Waals surface area contributed by atoms with Gasteiger partial charge in [-0.1, -0.05) is 50.3 Å². The number of anilines is 1. The number of ether oxygens (including phenoxy) is 1. The molecule has 6 N–H and O–H groups in total. The zero-order valence-corrected chi connectivity index (χ0v) is 20.8. The number of benzene rings is 3. The molecule has 6 heteroatoms. The van der Waals surface area contributed by atoms with Crippen LogP contribution in [0.1, 0.15) is 53.5 Å². The van der Waals surface area contributed by atoms with Crippen molar-refractivity contribution >= 4 is 11.5 Å². The summed E-state index contributed by atoms with van der Waals surface area (Å²) in [6.07, 6.45) is 3.08. The number of fused-ring (bicyclic) bond motifs is 1. The smallest absolute Gasteiger partial charge is 0.166 e. The van der Waals surface area contributed by atoms with Crippen molar-refractivity contribution in [3.8, 4) is 16.9 Å². The number of amidine groups is 1. The molecule has 1 heterocycles. The van der Waals surface area contributed by atoms with Crippen LogP contribution in [-0.4, -0.2) is 12.4 Å². The Morgan fingerprint density at radius 2 is 1.89 bits per heavy atom. The minimum Gasteiger partial charge on any atom is -0.493 e. The minimum atomic E-state index is 0.206. The maximum absolute atomic E-state index is 5.82. The fourth-order valence-corrected chi connectivity index (χ4v) is 4.80. The van der Waals surface area contributed by atoms with Crippen molar-refractivity contribution in [2.24, 2.45) is 16.8 Å². The van der Waals surface area contributed by atoms with E-state index >= 15 is 0 Å². The summed E-state index contributed by atoms with van der Waals surface area (Å²) in [5, 5.41) is 7.31. The molecule has 1 atom stereocenters. The van der Waals surface area contributed by atoms with E-state index in [4.69, 9.17) is 16.4 Å². The van der Waals surface area contributed by atoms with Crippen molar-refractivity contribution in [1.82, 2.24) is 5.43 Å². The number of nitrogens with one attached hydrogen (secondary N) is 2. The molecule has 0 aromatic heterocycles. The van der Waals surface area contributed by atoms with Gasteiger partial charge in [0.25, 0.3) is 0 Å². The summed E-state index contributed by atoms with van der Waals surface area (Å²) in [7, 11) is 0. The predicted octanol–water partition coefficient (Wildman–Crippen LogP) is 5.50. The Bertz CT molecular complexity index is 1260. The van der Waals surface area contributed by atoms with Gasteiger partial charge < -0.3 is 21.3 Å². The zero-order valence-electron chi connectivity index (χ0n) is 20.8. The first-order chi connectivity index (χ1) is 16.9. The average molecular weight is 470 g/mol. The topological polar surface area (TPSA) is 97.7 Å². The number of nitrogens with two attached hydrogens (primary N) is 2. The van der Waals surface area contributed by atoms with E-state index in [9.17, 15) is 0 Å². The van der Waals surface area contributed by atoms with Crippen LogP contribution in [0.4, 0.5) is 5.69 Å². The third-order valence-corrected chi connectivity index (χ3v) is 6.72. The van der Waals surface area contributed by atoms with E-state index in [0.717, 1.165) is 65.3 Å². The van der Waals surface area contributed by atoms with E-state index in [-0.39, 0.29) is 5.92 Å². The summed E-state index contributed by atoms with van der Waals surface area (Å²) < 4.78 is 5.82. The molecule has 182 valence electrons. The minimum absolute atomic E-state index is 0.206. The number of hydrazone groups is 1. The normalized spacial score (nSPS) is 13.7. The van der Waals surface area contributed by atoms with Gasteiger partial charge in [0.2, 0.25) is 0 Å². The molecule has 0 fully saturated rings. The molecule has 4 rings (SSSR count). The Morgan fingerprint density at radius 3 is 2.60 bits per heavy atom. The van der Waals surface area contributed by atoms with Crippen LogP contribution >= 0.6 is 0 Å². The zero-order chi connectivity index (χ0) is 24.9.